The summed E-state index contributed by atoms with van der Waals surface area (Å²) in [6, 6.07) is 6.96. The Kier molecular flexibility index (Phi) is 2.78. The van der Waals surface area contributed by atoms with Crippen molar-refractivity contribution in [2.24, 2.45) is 0 Å². The van der Waals surface area contributed by atoms with E-state index in [0.717, 1.165) is 6.54 Å². The Morgan fingerprint density at radius 1 is 1.33 bits per heavy atom. The van der Waals surface area contributed by atoms with Crippen LogP contribution in [0.5, 0.6) is 0 Å². The van der Waals surface area contributed by atoms with Crippen molar-refractivity contribution in [3.8, 4) is 0 Å². The molecule has 1 heterocycles. The van der Waals surface area contributed by atoms with E-state index in [-0.39, 0.29) is 0 Å². The SMILES string of the molecule is Cc1cccc2c(CNC(C)C)c[nH]c12. The van der Waals surface area contributed by atoms with Crippen molar-refractivity contribution in [3.05, 3.63) is 35.5 Å². The Hall–Kier alpha value is -1.28. The summed E-state index contributed by atoms with van der Waals surface area (Å²) >= 11 is 0. The van der Waals surface area contributed by atoms with Crippen LogP contribution in [0, 0.1) is 6.92 Å². The lowest BCUT2D eigenvalue weighted by molar-refractivity contribution is 0.590. The van der Waals surface area contributed by atoms with E-state index in [9.17, 15) is 0 Å². The summed E-state index contributed by atoms with van der Waals surface area (Å²) in [6.07, 6.45) is 2.10. The van der Waals surface area contributed by atoms with Crippen LogP contribution >= 0.6 is 0 Å². The van der Waals surface area contributed by atoms with Crippen LogP contribution in [-0.4, -0.2) is 11.0 Å². The van der Waals surface area contributed by atoms with Gasteiger partial charge in [0.1, 0.15) is 0 Å². The van der Waals surface area contributed by atoms with E-state index in [1.165, 1.54) is 22.0 Å². The zero-order valence-corrected chi connectivity index (χ0v) is 9.59. The second-order valence-electron chi connectivity index (χ2n) is 4.35. The predicted octanol–water partition coefficient (Wildman–Crippen LogP) is 2.97. The van der Waals surface area contributed by atoms with Gasteiger partial charge in [-0.2, -0.15) is 0 Å². The van der Waals surface area contributed by atoms with Crippen molar-refractivity contribution in [2.75, 3.05) is 0 Å². The summed E-state index contributed by atoms with van der Waals surface area (Å²) < 4.78 is 0. The first kappa shape index (κ1) is 10.2. The summed E-state index contributed by atoms with van der Waals surface area (Å²) in [7, 11) is 0. The summed E-state index contributed by atoms with van der Waals surface area (Å²) in [6.45, 7) is 7.40. The molecule has 1 aromatic heterocycles. The first-order chi connectivity index (χ1) is 7.18. The van der Waals surface area contributed by atoms with Crippen molar-refractivity contribution < 1.29 is 0 Å². The molecule has 2 rings (SSSR count). The Morgan fingerprint density at radius 2 is 2.13 bits per heavy atom. The first-order valence-electron chi connectivity index (χ1n) is 5.47. The van der Waals surface area contributed by atoms with Crippen LogP contribution in [0.25, 0.3) is 10.9 Å². The van der Waals surface area contributed by atoms with Crippen molar-refractivity contribution in [2.45, 2.75) is 33.4 Å². The highest BCUT2D eigenvalue weighted by atomic mass is 14.9. The normalized spacial score (nSPS) is 11.5. The molecule has 0 atom stereocenters. The van der Waals surface area contributed by atoms with E-state index in [0.29, 0.717) is 6.04 Å². The monoisotopic (exact) mass is 202 g/mol. The third kappa shape index (κ3) is 2.05. The molecule has 0 aliphatic heterocycles. The number of hydrogen-bond donors (Lipinski definition) is 2. The molecule has 1 aromatic carbocycles. The molecule has 0 bridgehead atoms. The Labute approximate surface area is 90.7 Å². The highest BCUT2D eigenvalue weighted by Crippen LogP contribution is 2.20. The lowest BCUT2D eigenvalue weighted by atomic mass is 10.1. The molecule has 0 spiro atoms. The number of hydrogen-bond acceptors (Lipinski definition) is 1. The van der Waals surface area contributed by atoms with Crippen molar-refractivity contribution in [3.63, 3.8) is 0 Å². The van der Waals surface area contributed by atoms with Crippen LogP contribution in [0.4, 0.5) is 0 Å². The van der Waals surface area contributed by atoms with Gasteiger partial charge >= 0.3 is 0 Å². The fraction of sp³-hybridized carbons (Fsp3) is 0.385. The highest BCUT2D eigenvalue weighted by molar-refractivity contribution is 5.85. The third-order valence-electron chi connectivity index (χ3n) is 2.71. The zero-order valence-electron chi connectivity index (χ0n) is 9.59. The molecular formula is C13H18N2. The summed E-state index contributed by atoms with van der Waals surface area (Å²) in [5.41, 5.74) is 3.92. The number of H-pyrrole nitrogens is 1. The van der Waals surface area contributed by atoms with Gasteiger partial charge in [0.2, 0.25) is 0 Å². The molecule has 80 valence electrons. The van der Waals surface area contributed by atoms with Gasteiger partial charge in [0, 0.05) is 29.7 Å². The molecule has 2 aromatic rings. The molecule has 0 saturated heterocycles. The molecule has 0 amide bonds. The fourth-order valence-corrected chi connectivity index (χ4v) is 1.82. The zero-order chi connectivity index (χ0) is 10.8. The Bertz CT molecular complexity index is 455. The van der Waals surface area contributed by atoms with Crippen molar-refractivity contribution in [1.29, 1.82) is 0 Å². The molecule has 2 N–H and O–H groups in total. The largest absolute Gasteiger partial charge is 0.361 e. The number of nitrogens with one attached hydrogen (secondary N) is 2. The highest BCUT2D eigenvalue weighted by Gasteiger charge is 2.04. The maximum atomic E-state index is 3.44. The number of aromatic amines is 1. The maximum absolute atomic E-state index is 3.44. The average Bonchev–Trinajstić information content (AvgIpc) is 2.59. The lowest BCUT2D eigenvalue weighted by Gasteiger charge is -2.06. The van der Waals surface area contributed by atoms with Gasteiger partial charge < -0.3 is 10.3 Å². The summed E-state index contributed by atoms with van der Waals surface area (Å²) in [4.78, 5) is 3.34. The molecule has 2 heteroatoms. The van der Waals surface area contributed by atoms with Crippen LogP contribution in [-0.2, 0) is 6.54 Å². The number of rotatable bonds is 3. The second-order valence-corrected chi connectivity index (χ2v) is 4.35. The van der Waals surface area contributed by atoms with Gasteiger partial charge in [-0.05, 0) is 18.1 Å². The van der Waals surface area contributed by atoms with Gasteiger partial charge in [-0.1, -0.05) is 32.0 Å². The minimum atomic E-state index is 0.528. The van der Waals surface area contributed by atoms with Gasteiger partial charge in [0.05, 0.1) is 0 Å². The van der Waals surface area contributed by atoms with Crippen LogP contribution in [0.3, 0.4) is 0 Å². The first-order valence-corrected chi connectivity index (χ1v) is 5.47. The quantitative estimate of drug-likeness (QED) is 0.786. The van der Waals surface area contributed by atoms with E-state index in [4.69, 9.17) is 0 Å². The number of aryl methyl sites for hydroxylation is 1. The van der Waals surface area contributed by atoms with E-state index < -0.39 is 0 Å². The van der Waals surface area contributed by atoms with Crippen molar-refractivity contribution in [1.82, 2.24) is 10.3 Å². The Balaban J connectivity index is 2.33. The summed E-state index contributed by atoms with van der Waals surface area (Å²) in [5, 5.41) is 4.78. The number of benzene rings is 1. The topological polar surface area (TPSA) is 27.8 Å². The maximum Gasteiger partial charge on any atom is 0.0487 e. The average molecular weight is 202 g/mol. The molecular weight excluding hydrogens is 184 g/mol. The van der Waals surface area contributed by atoms with Crippen LogP contribution in [0.2, 0.25) is 0 Å². The van der Waals surface area contributed by atoms with Gasteiger partial charge in [-0.15, -0.1) is 0 Å². The second kappa shape index (κ2) is 4.07. The predicted molar refractivity (Wildman–Crippen MR) is 65.0 cm³/mol. The number of para-hydroxylation sites is 1. The third-order valence-corrected chi connectivity index (χ3v) is 2.71. The van der Waals surface area contributed by atoms with Gasteiger partial charge in [-0.3, -0.25) is 0 Å². The molecule has 0 aliphatic rings. The number of fused-ring (bicyclic) bond motifs is 1. The van der Waals surface area contributed by atoms with Crippen LogP contribution < -0.4 is 5.32 Å². The van der Waals surface area contributed by atoms with Gasteiger partial charge in [-0.25, -0.2) is 0 Å². The van der Waals surface area contributed by atoms with Crippen LogP contribution in [0.15, 0.2) is 24.4 Å². The van der Waals surface area contributed by atoms with Crippen LogP contribution in [0.1, 0.15) is 25.0 Å². The molecule has 2 nitrogen and oxygen atoms in total. The van der Waals surface area contributed by atoms with E-state index in [1.807, 2.05) is 0 Å². The standard InChI is InChI=1S/C13H18N2/c1-9(2)14-7-11-8-15-13-10(3)5-4-6-12(11)13/h4-6,8-9,14-15H,7H2,1-3H3. The minimum Gasteiger partial charge on any atom is -0.361 e. The number of aromatic nitrogens is 1. The molecule has 0 aliphatic carbocycles. The molecule has 0 saturated carbocycles. The molecule has 0 unspecified atom stereocenters. The lowest BCUT2D eigenvalue weighted by Crippen LogP contribution is -2.21. The minimum absolute atomic E-state index is 0.528. The fourth-order valence-electron chi connectivity index (χ4n) is 1.82. The van der Waals surface area contributed by atoms with Crippen molar-refractivity contribution >= 4 is 10.9 Å². The van der Waals surface area contributed by atoms with E-state index in [2.05, 4.69) is 55.5 Å². The smallest absolute Gasteiger partial charge is 0.0487 e. The molecule has 15 heavy (non-hydrogen) atoms. The molecule has 0 radical (unpaired) electrons. The van der Waals surface area contributed by atoms with Gasteiger partial charge in [0.25, 0.3) is 0 Å². The van der Waals surface area contributed by atoms with Gasteiger partial charge in [0.15, 0.2) is 0 Å². The summed E-state index contributed by atoms with van der Waals surface area (Å²) in [5.74, 6) is 0. The van der Waals surface area contributed by atoms with E-state index >= 15 is 0 Å². The Morgan fingerprint density at radius 3 is 2.87 bits per heavy atom. The van der Waals surface area contributed by atoms with E-state index in [1.54, 1.807) is 0 Å². The molecule has 0 fully saturated rings.